The Morgan fingerprint density at radius 2 is 1.73 bits per heavy atom. The fraction of sp³-hybridized carbons (Fsp3) is 0.174. The average Bonchev–Trinajstić information content (AvgIpc) is 2.84. The lowest BCUT2D eigenvalue weighted by Crippen LogP contribution is -2.30. The Balaban J connectivity index is 1.76. The molecule has 0 radical (unpaired) electrons. The van der Waals surface area contributed by atoms with Crippen LogP contribution in [0.25, 0.3) is 11.3 Å². The van der Waals surface area contributed by atoms with Crippen molar-refractivity contribution in [2.75, 3.05) is 27.6 Å². The molecule has 0 aliphatic carbocycles. The highest BCUT2D eigenvalue weighted by atomic mass is 35.5. The number of aromatic nitrogens is 1. The summed E-state index contributed by atoms with van der Waals surface area (Å²) in [5, 5.41) is 2.41. The largest absolute Gasteiger partial charge is 0.494 e. The van der Waals surface area contributed by atoms with Crippen molar-refractivity contribution in [3.05, 3.63) is 70.6 Å². The van der Waals surface area contributed by atoms with Crippen molar-refractivity contribution in [3.8, 4) is 28.5 Å². The maximum absolute atomic E-state index is 13.5. The summed E-state index contributed by atoms with van der Waals surface area (Å²) in [6, 6.07) is 11.2. The number of alkyl halides is 1. The lowest BCUT2D eigenvalue weighted by molar-refractivity contribution is 0.0902. The first-order chi connectivity index (χ1) is 15.9. The van der Waals surface area contributed by atoms with Gasteiger partial charge in [-0.15, -0.1) is 0 Å². The van der Waals surface area contributed by atoms with Gasteiger partial charge in [0, 0.05) is 11.1 Å². The van der Waals surface area contributed by atoms with Crippen molar-refractivity contribution >= 4 is 23.3 Å². The number of nitrogens with one attached hydrogen (secondary N) is 1. The molecule has 0 saturated carbocycles. The zero-order valence-corrected chi connectivity index (χ0v) is 18.4. The van der Waals surface area contributed by atoms with E-state index in [4.69, 9.17) is 25.8 Å². The maximum Gasteiger partial charge on any atom is 0.251 e. The molecule has 172 valence electrons. The van der Waals surface area contributed by atoms with Crippen molar-refractivity contribution in [1.82, 2.24) is 10.3 Å². The summed E-state index contributed by atoms with van der Waals surface area (Å²) in [6.07, 6.45) is 0. The van der Waals surface area contributed by atoms with Gasteiger partial charge in [-0.3, -0.25) is 9.59 Å². The molecule has 3 rings (SSSR count). The monoisotopic (exact) mass is 476 g/mol. The number of pyridine rings is 1. The fourth-order valence-corrected chi connectivity index (χ4v) is 3.14. The van der Waals surface area contributed by atoms with Gasteiger partial charge in [0.25, 0.3) is 5.91 Å². The van der Waals surface area contributed by atoms with Crippen molar-refractivity contribution in [2.45, 2.75) is 0 Å². The van der Waals surface area contributed by atoms with E-state index in [-0.39, 0.29) is 34.3 Å². The van der Waals surface area contributed by atoms with Crippen molar-refractivity contribution < 1.29 is 32.6 Å². The molecule has 0 bridgehead atoms. The van der Waals surface area contributed by atoms with Gasteiger partial charge in [-0.25, -0.2) is 13.8 Å². The molecule has 1 N–H and O–H groups in total. The number of halogens is 3. The van der Waals surface area contributed by atoms with Crippen LogP contribution >= 0.6 is 11.6 Å². The van der Waals surface area contributed by atoms with Gasteiger partial charge in [-0.1, -0.05) is 11.6 Å². The van der Waals surface area contributed by atoms with E-state index in [9.17, 15) is 18.4 Å². The van der Waals surface area contributed by atoms with Crippen LogP contribution in [0, 0.1) is 5.82 Å². The predicted molar refractivity (Wildman–Crippen MR) is 117 cm³/mol. The van der Waals surface area contributed by atoms with E-state index >= 15 is 0 Å². The molecule has 0 fully saturated rings. The van der Waals surface area contributed by atoms with Crippen LogP contribution in [0.2, 0.25) is 5.02 Å². The summed E-state index contributed by atoms with van der Waals surface area (Å²) in [6.45, 7) is -1.38. The van der Waals surface area contributed by atoms with Crippen LogP contribution in [0.15, 0.2) is 48.5 Å². The van der Waals surface area contributed by atoms with Crippen LogP contribution in [0.1, 0.15) is 20.8 Å². The first-order valence-electron chi connectivity index (χ1n) is 9.56. The Hall–Kier alpha value is -3.72. The van der Waals surface area contributed by atoms with E-state index in [1.807, 2.05) is 0 Å². The standard InChI is InChI=1S/C23H19ClF2N2O5/c1-31-20-8-6-17(28-22(20)13-3-5-16(26)15(24)9-13)18(29)11-27-23(30)14-4-7-19(33-12-25)21(10-14)32-2/h3-10H,11-12H2,1-2H3,(H,27,30). The number of amides is 1. The number of benzene rings is 2. The number of ketones is 1. The number of rotatable bonds is 9. The maximum atomic E-state index is 13.5. The fourth-order valence-electron chi connectivity index (χ4n) is 2.96. The summed E-state index contributed by atoms with van der Waals surface area (Å²) in [5.74, 6) is -0.928. The van der Waals surface area contributed by atoms with Crippen LogP contribution < -0.4 is 19.5 Å². The van der Waals surface area contributed by atoms with Gasteiger partial charge in [0.05, 0.1) is 25.8 Å². The number of carbonyl (C=O) groups is 2. The van der Waals surface area contributed by atoms with Gasteiger partial charge in [0.2, 0.25) is 6.86 Å². The van der Waals surface area contributed by atoms with E-state index in [1.54, 1.807) is 6.07 Å². The smallest absolute Gasteiger partial charge is 0.251 e. The zero-order valence-electron chi connectivity index (χ0n) is 17.7. The van der Waals surface area contributed by atoms with Gasteiger partial charge in [0.1, 0.15) is 23.0 Å². The molecule has 1 aromatic heterocycles. The van der Waals surface area contributed by atoms with Crippen LogP contribution in [-0.2, 0) is 0 Å². The van der Waals surface area contributed by atoms with Crippen molar-refractivity contribution in [3.63, 3.8) is 0 Å². The summed E-state index contributed by atoms with van der Waals surface area (Å²) in [7, 11) is 2.79. The minimum absolute atomic E-state index is 0.0656. The molecule has 2 aromatic carbocycles. The van der Waals surface area contributed by atoms with Gasteiger partial charge in [-0.05, 0) is 48.5 Å². The van der Waals surface area contributed by atoms with Crippen LogP contribution in [0.5, 0.6) is 17.2 Å². The summed E-state index contributed by atoms with van der Waals surface area (Å²) >= 11 is 5.86. The number of hydrogen-bond acceptors (Lipinski definition) is 6. The lowest BCUT2D eigenvalue weighted by atomic mass is 10.1. The van der Waals surface area contributed by atoms with Crippen LogP contribution in [-0.4, -0.2) is 44.3 Å². The minimum atomic E-state index is -1.04. The topological polar surface area (TPSA) is 86.8 Å². The van der Waals surface area contributed by atoms with Crippen LogP contribution in [0.4, 0.5) is 8.78 Å². The molecule has 1 amide bonds. The SMILES string of the molecule is COc1cc(C(=O)NCC(=O)c2ccc(OC)c(-c3ccc(F)c(Cl)c3)n2)ccc1OCF. The molecule has 0 atom stereocenters. The third-order valence-electron chi connectivity index (χ3n) is 4.60. The quantitative estimate of drug-likeness (QED) is 0.458. The predicted octanol–water partition coefficient (Wildman–Crippen LogP) is 4.48. The molecule has 33 heavy (non-hydrogen) atoms. The van der Waals surface area contributed by atoms with Gasteiger partial charge < -0.3 is 19.5 Å². The molecule has 3 aromatic rings. The number of methoxy groups -OCH3 is 2. The summed E-state index contributed by atoms with van der Waals surface area (Å²) < 4.78 is 41.1. The minimum Gasteiger partial charge on any atom is -0.494 e. The van der Waals surface area contributed by atoms with Crippen molar-refractivity contribution in [1.29, 1.82) is 0 Å². The molecule has 0 spiro atoms. The van der Waals surface area contributed by atoms with Gasteiger partial charge in [0.15, 0.2) is 17.3 Å². The van der Waals surface area contributed by atoms with Crippen molar-refractivity contribution in [2.24, 2.45) is 0 Å². The number of Topliss-reactive ketones (excluding diaryl/α,β-unsaturated/α-hetero) is 1. The Morgan fingerprint density at radius 1 is 1.00 bits per heavy atom. The molecular weight excluding hydrogens is 458 g/mol. The second-order valence-electron chi connectivity index (χ2n) is 6.60. The van der Waals surface area contributed by atoms with E-state index in [2.05, 4.69) is 10.3 Å². The van der Waals surface area contributed by atoms with Gasteiger partial charge in [-0.2, -0.15) is 0 Å². The molecule has 10 heteroatoms. The Labute approximate surface area is 193 Å². The Morgan fingerprint density at radius 3 is 2.39 bits per heavy atom. The molecular formula is C23H19ClF2N2O5. The molecule has 7 nitrogen and oxygen atoms in total. The number of nitrogens with zero attached hydrogens (tertiary/aromatic N) is 1. The number of hydrogen-bond donors (Lipinski definition) is 1. The highest BCUT2D eigenvalue weighted by Gasteiger charge is 2.17. The Kier molecular flexibility index (Phi) is 7.78. The Bertz CT molecular complexity index is 1190. The first-order valence-corrected chi connectivity index (χ1v) is 9.94. The van der Waals surface area contributed by atoms with E-state index in [0.717, 1.165) is 0 Å². The van der Waals surface area contributed by atoms with Gasteiger partial charge >= 0.3 is 0 Å². The third kappa shape index (κ3) is 5.56. The second-order valence-corrected chi connectivity index (χ2v) is 7.01. The normalized spacial score (nSPS) is 10.5. The number of ether oxygens (including phenoxy) is 3. The molecule has 0 saturated heterocycles. The third-order valence-corrected chi connectivity index (χ3v) is 4.89. The summed E-state index contributed by atoms with van der Waals surface area (Å²) in [5.41, 5.74) is 1.01. The molecule has 1 heterocycles. The van der Waals surface area contributed by atoms with Crippen LogP contribution in [0.3, 0.4) is 0 Å². The number of carbonyl (C=O) groups excluding carboxylic acids is 2. The second kappa shape index (κ2) is 10.7. The first kappa shape index (κ1) is 23.9. The average molecular weight is 477 g/mol. The highest BCUT2D eigenvalue weighted by molar-refractivity contribution is 6.31. The molecule has 0 unspecified atom stereocenters. The van der Waals surface area contributed by atoms with E-state index in [0.29, 0.717) is 17.0 Å². The lowest BCUT2D eigenvalue weighted by Gasteiger charge is -2.11. The highest BCUT2D eigenvalue weighted by Crippen LogP contribution is 2.31. The van der Waals surface area contributed by atoms with E-state index < -0.39 is 24.4 Å². The molecule has 0 aliphatic heterocycles. The van der Waals surface area contributed by atoms with E-state index in [1.165, 1.54) is 56.7 Å². The zero-order chi connectivity index (χ0) is 24.0. The molecule has 0 aliphatic rings. The summed E-state index contributed by atoms with van der Waals surface area (Å²) in [4.78, 5) is 29.4.